The van der Waals surface area contributed by atoms with Gasteiger partial charge in [0.1, 0.15) is 0 Å². The zero-order chi connectivity index (χ0) is 16.5. The van der Waals surface area contributed by atoms with Gasteiger partial charge in [-0.25, -0.2) is 5.43 Å². The maximum Gasteiger partial charge on any atom is 0.0743 e. The van der Waals surface area contributed by atoms with Crippen LogP contribution in [0.3, 0.4) is 0 Å². The van der Waals surface area contributed by atoms with Crippen LogP contribution in [0, 0.1) is 0 Å². The molecular formula is C20H18Cl2N2. The van der Waals surface area contributed by atoms with Gasteiger partial charge >= 0.3 is 0 Å². The molecule has 0 spiro atoms. The molecule has 4 rings (SSSR count). The van der Waals surface area contributed by atoms with Crippen LogP contribution in [0.5, 0.6) is 0 Å². The molecule has 0 bridgehead atoms. The van der Waals surface area contributed by atoms with Gasteiger partial charge in [0.2, 0.25) is 0 Å². The lowest BCUT2D eigenvalue weighted by Crippen LogP contribution is -2.27. The van der Waals surface area contributed by atoms with E-state index in [1.165, 1.54) is 34.4 Å². The minimum absolute atomic E-state index is 0.214. The summed E-state index contributed by atoms with van der Waals surface area (Å²) < 4.78 is 0. The zero-order valence-corrected chi connectivity index (χ0v) is 14.7. The van der Waals surface area contributed by atoms with E-state index in [1.807, 2.05) is 24.3 Å². The maximum absolute atomic E-state index is 6.01. The van der Waals surface area contributed by atoms with Crippen LogP contribution in [0.4, 0.5) is 0 Å². The molecule has 2 aromatic carbocycles. The lowest BCUT2D eigenvalue weighted by atomic mass is 9.86. The Bertz CT molecular complexity index is 805. The van der Waals surface area contributed by atoms with Crippen molar-refractivity contribution in [3.05, 3.63) is 86.5 Å². The molecule has 0 aromatic heterocycles. The molecule has 1 aliphatic heterocycles. The number of hydrogen-bond donors (Lipinski definition) is 2. The van der Waals surface area contributed by atoms with Crippen molar-refractivity contribution in [3.8, 4) is 0 Å². The Labute approximate surface area is 152 Å². The minimum atomic E-state index is 0.214. The van der Waals surface area contributed by atoms with Crippen LogP contribution in [-0.2, 0) is 0 Å². The minimum Gasteiger partial charge on any atom is -0.320 e. The van der Waals surface area contributed by atoms with E-state index >= 15 is 0 Å². The highest BCUT2D eigenvalue weighted by Crippen LogP contribution is 2.39. The Balaban J connectivity index is 1.67. The zero-order valence-electron chi connectivity index (χ0n) is 13.2. The van der Waals surface area contributed by atoms with E-state index in [4.69, 9.17) is 23.2 Å². The highest BCUT2D eigenvalue weighted by molar-refractivity contribution is 6.30. The van der Waals surface area contributed by atoms with Gasteiger partial charge in [0, 0.05) is 10.0 Å². The van der Waals surface area contributed by atoms with Gasteiger partial charge in [-0.3, -0.25) is 0 Å². The maximum atomic E-state index is 6.01. The van der Waals surface area contributed by atoms with E-state index in [0.29, 0.717) is 0 Å². The van der Waals surface area contributed by atoms with E-state index in [-0.39, 0.29) is 6.04 Å². The normalized spacial score (nSPS) is 21.8. The average molecular weight is 357 g/mol. The molecule has 0 fully saturated rings. The van der Waals surface area contributed by atoms with Gasteiger partial charge in [-0.05, 0) is 71.9 Å². The number of nitrogens with one attached hydrogen (secondary N) is 2. The van der Waals surface area contributed by atoms with Crippen LogP contribution in [0.15, 0.2) is 65.4 Å². The number of allylic oxidation sites excluding steroid dienone is 1. The van der Waals surface area contributed by atoms with Crippen molar-refractivity contribution >= 4 is 29.3 Å². The number of hydrazine groups is 1. The van der Waals surface area contributed by atoms with Crippen molar-refractivity contribution in [1.29, 1.82) is 0 Å². The first-order chi connectivity index (χ1) is 11.7. The summed E-state index contributed by atoms with van der Waals surface area (Å²) in [7, 11) is 0. The number of benzene rings is 2. The van der Waals surface area contributed by atoms with Crippen LogP contribution in [0.25, 0.3) is 6.08 Å². The van der Waals surface area contributed by atoms with Crippen molar-refractivity contribution in [2.24, 2.45) is 0 Å². The van der Waals surface area contributed by atoms with Gasteiger partial charge in [-0.2, -0.15) is 0 Å². The van der Waals surface area contributed by atoms with E-state index in [1.54, 1.807) is 0 Å². The molecule has 0 saturated carbocycles. The molecule has 1 heterocycles. The molecule has 24 heavy (non-hydrogen) atoms. The molecule has 1 atom stereocenters. The quantitative estimate of drug-likeness (QED) is 0.724. The molecule has 0 radical (unpaired) electrons. The molecule has 4 heteroatoms. The molecule has 2 N–H and O–H groups in total. The van der Waals surface area contributed by atoms with Gasteiger partial charge in [0.15, 0.2) is 0 Å². The summed E-state index contributed by atoms with van der Waals surface area (Å²) >= 11 is 12.0. The van der Waals surface area contributed by atoms with Crippen molar-refractivity contribution in [2.45, 2.75) is 25.3 Å². The number of hydrogen-bond acceptors (Lipinski definition) is 2. The van der Waals surface area contributed by atoms with Crippen molar-refractivity contribution < 1.29 is 0 Å². The van der Waals surface area contributed by atoms with E-state index in [0.717, 1.165) is 22.9 Å². The first kappa shape index (κ1) is 15.8. The summed E-state index contributed by atoms with van der Waals surface area (Å²) in [5.41, 5.74) is 13.3. The first-order valence-corrected chi connectivity index (χ1v) is 8.93. The largest absolute Gasteiger partial charge is 0.320 e. The van der Waals surface area contributed by atoms with E-state index < -0.39 is 0 Å². The van der Waals surface area contributed by atoms with Crippen molar-refractivity contribution in [2.75, 3.05) is 0 Å². The van der Waals surface area contributed by atoms with Crippen LogP contribution in [-0.4, -0.2) is 0 Å². The fourth-order valence-corrected chi connectivity index (χ4v) is 3.70. The van der Waals surface area contributed by atoms with Crippen LogP contribution >= 0.6 is 23.2 Å². The molecule has 0 saturated heterocycles. The van der Waals surface area contributed by atoms with Gasteiger partial charge in [0.05, 0.1) is 11.7 Å². The standard InChI is InChI=1S/C20H18Cl2N2/c21-16-8-4-13(5-9-16)12-15-2-1-3-18-19(23-24-20(15)18)14-6-10-17(22)11-7-14/h4-12,19,23-24H,1-3H2/b15-12-/t19-/m0/s1. The number of rotatable bonds is 2. The van der Waals surface area contributed by atoms with Crippen molar-refractivity contribution in [3.63, 3.8) is 0 Å². The Morgan fingerprint density at radius 2 is 1.54 bits per heavy atom. The van der Waals surface area contributed by atoms with Crippen LogP contribution in [0.1, 0.15) is 36.4 Å². The predicted molar refractivity (Wildman–Crippen MR) is 101 cm³/mol. The topological polar surface area (TPSA) is 24.1 Å². The summed E-state index contributed by atoms with van der Waals surface area (Å²) in [5, 5.41) is 1.54. The molecule has 2 aliphatic rings. The molecule has 2 nitrogen and oxygen atoms in total. The first-order valence-electron chi connectivity index (χ1n) is 8.17. The third kappa shape index (κ3) is 3.10. The smallest absolute Gasteiger partial charge is 0.0743 e. The Morgan fingerprint density at radius 1 is 0.875 bits per heavy atom. The van der Waals surface area contributed by atoms with Gasteiger partial charge in [0.25, 0.3) is 0 Å². The highest BCUT2D eigenvalue weighted by atomic mass is 35.5. The monoisotopic (exact) mass is 356 g/mol. The summed E-state index contributed by atoms with van der Waals surface area (Å²) in [6.07, 6.45) is 5.62. The summed E-state index contributed by atoms with van der Waals surface area (Å²) in [4.78, 5) is 0. The molecule has 2 aromatic rings. The van der Waals surface area contributed by atoms with Crippen LogP contribution in [0.2, 0.25) is 10.0 Å². The fraction of sp³-hybridized carbons (Fsp3) is 0.200. The summed E-state index contributed by atoms with van der Waals surface area (Å²) in [6, 6.07) is 16.3. The fourth-order valence-electron chi connectivity index (χ4n) is 3.45. The average Bonchev–Trinajstić information content (AvgIpc) is 3.03. The molecule has 1 aliphatic carbocycles. The second-order valence-electron chi connectivity index (χ2n) is 6.23. The van der Waals surface area contributed by atoms with Crippen molar-refractivity contribution in [1.82, 2.24) is 10.9 Å². The van der Waals surface area contributed by atoms with Gasteiger partial charge in [-0.1, -0.05) is 47.5 Å². The Morgan fingerprint density at radius 3 is 2.25 bits per heavy atom. The predicted octanol–water partition coefficient (Wildman–Crippen LogP) is 5.66. The van der Waals surface area contributed by atoms with Gasteiger partial charge in [-0.15, -0.1) is 0 Å². The second-order valence-corrected chi connectivity index (χ2v) is 7.10. The molecule has 0 amide bonds. The highest BCUT2D eigenvalue weighted by Gasteiger charge is 2.30. The van der Waals surface area contributed by atoms with Crippen LogP contribution < -0.4 is 10.9 Å². The second kappa shape index (κ2) is 6.64. The molecule has 122 valence electrons. The Hall–Kier alpha value is -1.74. The molecule has 0 unspecified atom stereocenters. The molecular weight excluding hydrogens is 339 g/mol. The van der Waals surface area contributed by atoms with E-state index in [9.17, 15) is 0 Å². The Kier molecular flexibility index (Phi) is 4.36. The SMILES string of the molecule is Clc1ccc(/C=C2/CCCC3=C2NN[C@H]3c2ccc(Cl)cc2)cc1. The summed E-state index contributed by atoms with van der Waals surface area (Å²) in [5.74, 6) is 0. The lowest BCUT2D eigenvalue weighted by molar-refractivity contribution is 0.584. The van der Waals surface area contributed by atoms with E-state index in [2.05, 4.69) is 41.2 Å². The number of halogens is 2. The third-order valence-electron chi connectivity index (χ3n) is 4.64. The summed E-state index contributed by atoms with van der Waals surface area (Å²) in [6.45, 7) is 0. The van der Waals surface area contributed by atoms with Gasteiger partial charge < -0.3 is 5.43 Å². The third-order valence-corrected chi connectivity index (χ3v) is 5.14. The lowest BCUT2D eigenvalue weighted by Gasteiger charge is -2.20.